The van der Waals surface area contributed by atoms with E-state index in [2.05, 4.69) is 13.1 Å². The van der Waals surface area contributed by atoms with Crippen molar-refractivity contribution >= 4 is 9.52 Å². The molecule has 0 aromatic heterocycles. The van der Waals surface area contributed by atoms with E-state index in [4.69, 9.17) is 0 Å². The highest BCUT2D eigenvalue weighted by Crippen LogP contribution is 1.72. The van der Waals surface area contributed by atoms with Crippen molar-refractivity contribution in [3.63, 3.8) is 0 Å². The molecule has 0 aliphatic rings. The smallest absolute Gasteiger partial charge is 0.0209 e. The van der Waals surface area contributed by atoms with Crippen LogP contribution in [0.25, 0.3) is 0 Å². The van der Waals surface area contributed by atoms with Crippen LogP contribution in [0.5, 0.6) is 0 Å². The van der Waals surface area contributed by atoms with Crippen LogP contribution in [0.4, 0.5) is 0 Å². The fourth-order valence-electron chi connectivity index (χ4n) is 0.204. The molecule has 0 heterocycles. The van der Waals surface area contributed by atoms with Gasteiger partial charge in [-0.1, -0.05) is 12.6 Å². The Morgan fingerprint density at radius 2 is 2.60 bits per heavy atom. The molecule has 0 saturated carbocycles. The fourth-order valence-corrected chi connectivity index (χ4v) is 0.612. The first-order valence-corrected chi connectivity index (χ1v) is 4.44. The zero-order valence-electron chi connectivity index (χ0n) is 3.70. The lowest BCUT2D eigenvalue weighted by Crippen LogP contribution is -1.69. The van der Waals surface area contributed by atoms with Crippen molar-refractivity contribution in [3.05, 3.63) is 12.7 Å². The van der Waals surface area contributed by atoms with Gasteiger partial charge >= 0.3 is 0 Å². The average Bonchev–Trinajstić information content (AvgIpc) is 1.41. The van der Waals surface area contributed by atoms with E-state index in [0.717, 1.165) is 0 Å². The van der Waals surface area contributed by atoms with Gasteiger partial charge in [-0.25, -0.2) is 0 Å². The van der Waals surface area contributed by atoms with Crippen molar-refractivity contribution in [3.8, 4) is 0 Å². The van der Waals surface area contributed by atoms with Gasteiger partial charge in [-0.15, -0.1) is 6.58 Å². The minimum Gasteiger partial charge on any atom is -0.103 e. The Kier molecular flexibility index (Phi) is 3.92. The van der Waals surface area contributed by atoms with Crippen molar-refractivity contribution < 1.29 is 0 Å². The topological polar surface area (TPSA) is 0 Å². The van der Waals surface area contributed by atoms with Gasteiger partial charge < -0.3 is 0 Å². The van der Waals surface area contributed by atoms with Crippen molar-refractivity contribution in [1.82, 2.24) is 0 Å². The molecule has 0 aromatic carbocycles. The second kappa shape index (κ2) is 3.96. The largest absolute Gasteiger partial charge is 0.103 e. The van der Waals surface area contributed by atoms with Crippen LogP contribution in [0.1, 0.15) is 0 Å². The van der Waals surface area contributed by atoms with E-state index in [1.54, 1.807) is 0 Å². The van der Waals surface area contributed by atoms with Gasteiger partial charge in [-0.2, -0.15) is 0 Å². The van der Waals surface area contributed by atoms with Gasteiger partial charge in [0.25, 0.3) is 0 Å². The molecule has 0 fully saturated rings. The van der Waals surface area contributed by atoms with Crippen LogP contribution in [0.2, 0.25) is 12.6 Å². The van der Waals surface area contributed by atoms with Crippen molar-refractivity contribution in [2.24, 2.45) is 0 Å². The van der Waals surface area contributed by atoms with Crippen LogP contribution in [0.15, 0.2) is 12.7 Å². The number of allylic oxidation sites excluding steroid dienone is 1. The molecule has 0 bridgehead atoms. The van der Waals surface area contributed by atoms with E-state index in [0.29, 0.717) is 9.52 Å². The summed E-state index contributed by atoms with van der Waals surface area (Å²) in [6.45, 7) is 5.86. The Morgan fingerprint density at radius 3 is 2.60 bits per heavy atom. The summed E-state index contributed by atoms with van der Waals surface area (Å²) in [4.78, 5) is 0. The zero-order valence-corrected chi connectivity index (χ0v) is 5.11. The van der Waals surface area contributed by atoms with Gasteiger partial charge in [0.2, 0.25) is 0 Å². The number of hydrogen-bond donors (Lipinski definition) is 0. The predicted octanol–water partition coefficient (Wildman–Crippen LogP) is 0.808. The molecule has 1 heteroatoms. The van der Waals surface area contributed by atoms with E-state index in [-0.39, 0.29) is 0 Å². The lowest BCUT2D eigenvalue weighted by Gasteiger charge is -1.71. The van der Waals surface area contributed by atoms with Gasteiger partial charge in [0.1, 0.15) is 0 Å². The highest BCUT2D eigenvalue weighted by atomic mass is 28.2. The third kappa shape index (κ3) is 3.96. The number of rotatable bonds is 2. The van der Waals surface area contributed by atoms with Gasteiger partial charge in [0, 0.05) is 9.52 Å². The van der Waals surface area contributed by atoms with Crippen LogP contribution in [-0.4, -0.2) is 9.52 Å². The molecule has 0 nitrogen and oxygen atoms in total. The van der Waals surface area contributed by atoms with Crippen LogP contribution in [-0.2, 0) is 0 Å². The SMILES string of the molecule is C=CC[SiH2]C. The molecule has 0 rings (SSSR count). The summed E-state index contributed by atoms with van der Waals surface area (Å²) >= 11 is 0. The molecule has 0 saturated heterocycles. The highest BCUT2D eigenvalue weighted by molar-refractivity contribution is 6.34. The van der Waals surface area contributed by atoms with Crippen molar-refractivity contribution in [2.45, 2.75) is 12.6 Å². The Bertz CT molecular complexity index is 24.8. The first-order valence-electron chi connectivity index (χ1n) is 2.02. The second-order valence-electron chi connectivity index (χ2n) is 1.08. The summed E-state index contributed by atoms with van der Waals surface area (Å²) in [5.41, 5.74) is 0. The Balaban J connectivity index is 2.40. The van der Waals surface area contributed by atoms with E-state index < -0.39 is 0 Å². The summed E-state index contributed by atoms with van der Waals surface area (Å²) in [5, 5.41) is 0. The normalized spacial score (nSPS) is 9.80. The molecule has 30 valence electrons. The van der Waals surface area contributed by atoms with E-state index in [9.17, 15) is 0 Å². The van der Waals surface area contributed by atoms with Crippen molar-refractivity contribution in [1.29, 1.82) is 0 Å². The van der Waals surface area contributed by atoms with Crippen LogP contribution in [0, 0.1) is 0 Å². The third-order valence-electron chi connectivity index (χ3n) is 0.493. The minimum absolute atomic E-state index is 0.296. The molecule has 0 amide bonds. The molecule has 0 spiro atoms. The lowest BCUT2D eigenvalue weighted by atomic mass is 10.8. The summed E-state index contributed by atoms with van der Waals surface area (Å²) in [6, 6.07) is 1.29. The van der Waals surface area contributed by atoms with Crippen LogP contribution in [0.3, 0.4) is 0 Å². The standard InChI is InChI=1S/C4H10Si/c1-3-4-5-2/h3H,1,4-5H2,2H3. The van der Waals surface area contributed by atoms with Gasteiger partial charge in [-0.05, 0) is 6.04 Å². The zero-order chi connectivity index (χ0) is 4.12. The van der Waals surface area contributed by atoms with Gasteiger partial charge in [-0.3, -0.25) is 0 Å². The van der Waals surface area contributed by atoms with Crippen LogP contribution >= 0.6 is 0 Å². The van der Waals surface area contributed by atoms with E-state index in [1.807, 2.05) is 6.08 Å². The summed E-state index contributed by atoms with van der Waals surface area (Å²) in [5.74, 6) is 0. The van der Waals surface area contributed by atoms with Crippen molar-refractivity contribution in [2.75, 3.05) is 0 Å². The second-order valence-corrected chi connectivity index (χ2v) is 2.65. The molecule has 0 aliphatic carbocycles. The third-order valence-corrected chi connectivity index (χ3v) is 1.48. The maximum Gasteiger partial charge on any atom is 0.0209 e. The number of hydrogen-bond acceptors (Lipinski definition) is 0. The lowest BCUT2D eigenvalue weighted by molar-refractivity contribution is 1.71. The Labute approximate surface area is 35.7 Å². The first-order chi connectivity index (χ1) is 2.41. The molecule has 5 heavy (non-hydrogen) atoms. The first kappa shape index (κ1) is 4.96. The molecular weight excluding hydrogens is 76.1 g/mol. The monoisotopic (exact) mass is 86.1 g/mol. The van der Waals surface area contributed by atoms with Gasteiger partial charge in [0.15, 0.2) is 0 Å². The van der Waals surface area contributed by atoms with E-state index in [1.165, 1.54) is 6.04 Å². The molecular formula is C4H10Si. The summed E-state index contributed by atoms with van der Waals surface area (Å²) in [7, 11) is 0.296. The predicted molar refractivity (Wildman–Crippen MR) is 29.4 cm³/mol. The summed E-state index contributed by atoms with van der Waals surface area (Å²) < 4.78 is 0. The molecule has 0 unspecified atom stereocenters. The molecule has 0 radical (unpaired) electrons. The quantitative estimate of drug-likeness (QED) is 0.344. The molecule has 0 atom stereocenters. The summed E-state index contributed by atoms with van der Waals surface area (Å²) in [6.07, 6.45) is 1.99. The molecule has 0 aliphatic heterocycles. The van der Waals surface area contributed by atoms with E-state index >= 15 is 0 Å². The molecule has 0 aromatic rings. The molecule has 0 N–H and O–H groups in total. The van der Waals surface area contributed by atoms with Crippen LogP contribution < -0.4 is 0 Å². The minimum atomic E-state index is 0.296. The Hall–Kier alpha value is -0.0431. The van der Waals surface area contributed by atoms with Gasteiger partial charge in [0.05, 0.1) is 0 Å². The average molecular weight is 86.2 g/mol. The highest BCUT2D eigenvalue weighted by Gasteiger charge is 1.63. The maximum atomic E-state index is 3.59. The maximum absolute atomic E-state index is 3.59. The Morgan fingerprint density at radius 1 is 2.00 bits per heavy atom. The fraction of sp³-hybridized carbons (Fsp3) is 0.500.